The van der Waals surface area contributed by atoms with Crippen molar-refractivity contribution in [3.8, 4) is 0 Å². The number of benzene rings is 1. The standard InChI is InChI=1S/C16H21NO2/c1-11-5-6-14-12(9-11)10-15(19-14)13(18)7-8-17-16(2,3)4/h5-6,9-10,17H,7-8H2,1-4H3. The van der Waals surface area contributed by atoms with E-state index in [1.807, 2.05) is 31.2 Å². The second-order valence-electron chi connectivity index (χ2n) is 6.00. The fourth-order valence-electron chi connectivity index (χ4n) is 1.97. The van der Waals surface area contributed by atoms with Gasteiger partial charge in [-0.3, -0.25) is 4.79 Å². The van der Waals surface area contributed by atoms with Crippen molar-refractivity contribution in [2.45, 2.75) is 39.7 Å². The van der Waals surface area contributed by atoms with Crippen LogP contribution in [-0.4, -0.2) is 17.9 Å². The SMILES string of the molecule is Cc1ccc2oc(C(=O)CCNC(C)(C)C)cc2c1. The van der Waals surface area contributed by atoms with E-state index >= 15 is 0 Å². The van der Waals surface area contributed by atoms with E-state index in [1.54, 1.807) is 0 Å². The van der Waals surface area contributed by atoms with Gasteiger partial charge in [0.05, 0.1) is 0 Å². The number of Topliss-reactive ketones (excluding diaryl/α,β-unsaturated/α-hetero) is 1. The summed E-state index contributed by atoms with van der Waals surface area (Å²) in [6, 6.07) is 7.76. The first-order valence-electron chi connectivity index (χ1n) is 6.63. The molecule has 0 aliphatic heterocycles. The molecule has 2 aromatic rings. The number of hydrogen-bond acceptors (Lipinski definition) is 3. The number of rotatable bonds is 4. The van der Waals surface area contributed by atoms with Crippen molar-refractivity contribution in [2.24, 2.45) is 0 Å². The molecule has 1 N–H and O–H groups in total. The summed E-state index contributed by atoms with van der Waals surface area (Å²) in [6.07, 6.45) is 0.454. The summed E-state index contributed by atoms with van der Waals surface area (Å²) >= 11 is 0. The Labute approximate surface area is 114 Å². The first-order valence-corrected chi connectivity index (χ1v) is 6.63. The van der Waals surface area contributed by atoms with E-state index in [9.17, 15) is 4.79 Å². The van der Waals surface area contributed by atoms with Crippen molar-refractivity contribution in [3.05, 3.63) is 35.6 Å². The van der Waals surface area contributed by atoms with Crippen LogP contribution in [0, 0.1) is 6.92 Å². The third-order valence-electron chi connectivity index (χ3n) is 2.95. The quantitative estimate of drug-likeness (QED) is 0.851. The molecule has 0 fully saturated rings. The Morgan fingerprint density at radius 3 is 2.68 bits per heavy atom. The van der Waals surface area contributed by atoms with Gasteiger partial charge in [-0.05, 0) is 45.9 Å². The predicted molar refractivity (Wildman–Crippen MR) is 77.7 cm³/mol. The molecule has 1 aromatic heterocycles. The van der Waals surface area contributed by atoms with E-state index in [1.165, 1.54) is 5.56 Å². The monoisotopic (exact) mass is 259 g/mol. The van der Waals surface area contributed by atoms with E-state index in [-0.39, 0.29) is 11.3 Å². The fourth-order valence-corrected chi connectivity index (χ4v) is 1.97. The van der Waals surface area contributed by atoms with Gasteiger partial charge in [-0.25, -0.2) is 0 Å². The van der Waals surface area contributed by atoms with Crippen LogP contribution in [0.3, 0.4) is 0 Å². The van der Waals surface area contributed by atoms with Gasteiger partial charge in [0.1, 0.15) is 5.58 Å². The zero-order chi connectivity index (χ0) is 14.0. The van der Waals surface area contributed by atoms with Gasteiger partial charge in [-0.2, -0.15) is 0 Å². The van der Waals surface area contributed by atoms with Crippen LogP contribution in [0.1, 0.15) is 43.3 Å². The van der Waals surface area contributed by atoms with E-state index in [0.717, 1.165) is 11.0 Å². The van der Waals surface area contributed by atoms with Crippen molar-refractivity contribution in [1.82, 2.24) is 5.32 Å². The average Bonchev–Trinajstić information content (AvgIpc) is 2.70. The topological polar surface area (TPSA) is 42.2 Å². The minimum atomic E-state index is 0.0330. The lowest BCUT2D eigenvalue weighted by Gasteiger charge is -2.19. The predicted octanol–water partition coefficient (Wildman–Crippen LogP) is 3.70. The van der Waals surface area contributed by atoms with Crippen LogP contribution in [0.15, 0.2) is 28.7 Å². The molecule has 0 spiro atoms. The fraction of sp³-hybridized carbons (Fsp3) is 0.438. The number of hydrogen-bond donors (Lipinski definition) is 1. The van der Waals surface area contributed by atoms with E-state index in [4.69, 9.17) is 4.42 Å². The van der Waals surface area contributed by atoms with Gasteiger partial charge < -0.3 is 9.73 Å². The summed E-state index contributed by atoms with van der Waals surface area (Å²) in [6.45, 7) is 8.95. The molecular formula is C16H21NO2. The molecule has 3 nitrogen and oxygen atoms in total. The maximum atomic E-state index is 12.1. The van der Waals surface area contributed by atoms with Crippen molar-refractivity contribution < 1.29 is 9.21 Å². The van der Waals surface area contributed by atoms with Crippen LogP contribution in [0.4, 0.5) is 0 Å². The lowest BCUT2D eigenvalue weighted by atomic mass is 10.1. The molecule has 0 unspecified atom stereocenters. The maximum Gasteiger partial charge on any atom is 0.199 e. The molecule has 0 amide bonds. The molecule has 2 rings (SSSR count). The van der Waals surface area contributed by atoms with E-state index < -0.39 is 0 Å². The van der Waals surface area contributed by atoms with Crippen LogP contribution in [-0.2, 0) is 0 Å². The molecular weight excluding hydrogens is 238 g/mol. The van der Waals surface area contributed by atoms with Crippen molar-refractivity contribution in [1.29, 1.82) is 0 Å². The minimum Gasteiger partial charge on any atom is -0.453 e. The molecule has 0 radical (unpaired) electrons. The molecule has 0 saturated heterocycles. The van der Waals surface area contributed by atoms with Gasteiger partial charge in [0, 0.05) is 23.9 Å². The molecule has 1 heterocycles. The molecule has 102 valence electrons. The largest absolute Gasteiger partial charge is 0.453 e. The van der Waals surface area contributed by atoms with Gasteiger partial charge in [0.2, 0.25) is 0 Å². The van der Waals surface area contributed by atoms with Gasteiger partial charge in [-0.1, -0.05) is 11.6 Å². The number of furan rings is 1. The molecule has 0 aliphatic carbocycles. The number of ketones is 1. The summed E-state index contributed by atoms with van der Waals surface area (Å²) < 4.78 is 5.59. The first-order chi connectivity index (χ1) is 8.85. The third kappa shape index (κ3) is 3.67. The average molecular weight is 259 g/mol. The van der Waals surface area contributed by atoms with E-state index in [0.29, 0.717) is 18.7 Å². The maximum absolute atomic E-state index is 12.1. The number of carbonyl (C=O) groups is 1. The van der Waals surface area contributed by atoms with Crippen LogP contribution >= 0.6 is 0 Å². The Hall–Kier alpha value is -1.61. The first kappa shape index (κ1) is 13.8. The molecule has 0 aliphatic rings. The number of fused-ring (bicyclic) bond motifs is 1. The second kappa shape index (κ2) is 5.17. The number of carbonyl (C=O) groups excluding carboxylic acids is 1. The summed E-state index contributed by atoms with van der Waals surface area (Å²) in [5.74, 6) is 0.502. The Kier molecular flexibility index (Phi) is 3.76. The van der Waals surface area contributed by atoms with Crippen molar-refractivity contribution in [3.63, 3.8) is 0 Å². The molecule has 0 saturated carbocycles. The normalized spacial score (nSPS) is 12.0. The molecule has 1 aromatic carbocycles. The van der Waals surface area contributed by atoms with Crippen LogP contribution < -0.4 is 5.32 Å². The summed E-state index contributed by atoms with van der Waals surface area (Å²) in [7, 11) is 0. The zero-order valence-corrected chi connectivity index (χ0v) is 12.0. The minimum absolute atomic E-state index is 0.0330. The van der Waals surface area contributed by atoms with Crippen LogP contribution in [0.5, 0.6) is 0 Å². The van der Waals surface area contributed by atoms with Gasteiger partial charge >= 0.3 is 0 Å². The van der Waals surface area contributed by atoms with Gasteiger partial charge in [0.15, 0.2) is 11.5 Å². The Bertz CT molecular complexity index is 590. The van der Waals surface area contributed by atoms with Crippen molar-refractivity contribution in [2.75, 3.05) is 6.54 Å². The highest BCUT2D eigenvalue weighted by molar-refractivity contribution is 5.97. The molecule has 3 heteroatoms. The number of nitrogens with one attached hydrogen (secondary N) is 1. The lowest BCUT2D eigenvalue weighted by Crippen LogP contribution is -2.37. The van der Waals surface area contributed by atoms with Crippen molar-refractivity contribution >= 4 is 16.8 Å². The summed E-state index contributed by atoms with van der Waals surface area (Å²) in [5.41, 5.74) is 1.98. The molecule has 0 bridgehead atoms. The van der Waals surface area contributed by atoms with E-state index in [2.05, 4.69) is 26.1 Å². The lowest BCUT2D eigenvalue weighted by molar-refractivity contribution is 0.0956. The highest BCUT2D eigenvalue weighted by Gasteiger charge is 2.14. The molecule has 19 heavy (non-hydrogen) atoms. The smallest absolute Gasteiger partial charge is 0.199 e. The second-order valence-corrected chi connectivity index (χ2v) is 6.00. The Balaban J connectivity index is 2.05. The van der Waals surface area contributed by atoms with Crippen LogP contribution in [0.2, 0.25) is 0 Å². The zero-order valence-electron chi connectivity index (χ0n) is 12.0. The summed E-state index contributed by atoms with van der Waals surface area (Å²) in [4.78, 5) is 12.1. The highest BCUT2D eigenvalue weighted by Crippen LogP contribution is 2.21. The molecule has 0 atom stereocenters. The Morgan fingerprint density at radius 1 is 1.26 bits per heavy atom. The van der Waals surface area contributed by atoms with Gasteiger partial charge in [-0.15, -0.1) is 0 Å². The van der Waals surface area contributed by atoms with Gasteiger partial charge in [0.25, 0.3) is 0 Å². The van der Waals surface area contributed by atoms with Crippen LogP contribution in [0.25, 0.3) is 11.0 Å². The number of aryl methyl sites for hydroxylation is 1. The highest BCUT2D eigenvalue weighted by atomic mass is 16.3. The third-order valence-corrected chi connectivity index (χ3v) is 2.95. The summed E-state index contributed by atoms with van der Waals surface area (Å²) in [5, 5.41) is 4.30. The Morgan fingerprint density at radius 2 is 2.00 bits per heavy atom.